The second kappa shape index (κ2) is 9.56. The SMILES string of the molecule is CCOC(=O)C(Cc1ccccc1)NC(=O)c1ccc(OC(C)C)nc1. The maximum atomic E-state index is 12.5. The minimum atomic E-state index is -0.767. The zero-order valence-electron chi connectivity index (χ0n) is 15.3. The van der Waals surface area contributed by atoms with Crippen molar-refractivity contribution in [2.24, 2.45) is 0 Å². The number of ether oxygens (including phenoxy) is 2. The number of rotatable bonds is 8. The number of benzene rings is 1. The lowest BCUT2D eigenvalue weighted by atomic mass is 10.1. The number of hydrogen-bond acceptors (Lipinski definition) is 5. The first-order valence-corrected chi connectivity index (χ1v) is 8.63. The highest BCUT2D eigenvalue weighted by Crippen LogP contribution is 2.11. The molecule has 0 aliphatic rings. The third-order valence-electron chi connectivity index (χ3n) is 3.51. The predicted molar refractivity (Wildman–Crippen MR) is 98.0 cm³/mol. The molecule has 0 spiro atoms. The average Bonchev–Trinajstić information content (AvgIpc) is 2.62. The Morgan fingerprint density at radius 2 is 1.85 bits per heavy atom. The molecule has 0 bridgehead atoms. The van der Waals surface area contributed by atoms with Gasteiger partial charge in [0.2, 0.25) is 5.88 Å². The Balaban J connectivity index is 2.08. The van der Waals surface area contributed by atoms with E-state index in [4.69, 9.17) is 9.47 Å². The summed E-state index contributed by atoms with van der Waals surface area (Å²) in [5.74, 6) is -0.400. The molecule has 1 heterocycles. The van der Waals surface area contributed by atoms with E-state index < -0.39 is 12.0 Å². The normalized spacial score (nSPS) is 11.7. The quantitative estimate of drug-likeness (QED) is 0.736. The fourth-order valence-corrected chi connectivity index (χ4v) is 2.35. The number of carbonyl (C=O) groups excluding carboxylic acids is 2. The molecule has 138 valence electrons. The molecular formula is C20H24N2O4. The van der Waals surface area contributed by atoms with Gasteiger partial charge in [-0.05, 0) is 32.4 Å². The molecule has 6 nitrogen and oxygen atoms in total. The van der Waals surface area contributed by atoms with Crippen LogP contribution in [0.1, 0.15) is 36.7 Å². The van der Waals surface area contributed by atoms with Crippen molar-refractivity contribution in [2.75, 3.05) is 6.61 Å². The van der Waals surface area contributed by atoms with Crippen LogP contribution in [0.4, 0.5) is 0 Å². The topological polar surface area (TPSA) is 77.5 Å². The first-order valence-electron chi connectivity index (χ1n) is 8.63. The highest BCUT2D eigenvalue weighted by molar-refractivity contribution is 5.96. The Labute approximate surface area is 153 Å². The molecule has 0 fully saturated rings. The van der Waals surface area contributed by atoms with Crippen LogP contribution in [-0.4, -0.2) is 35.6 Å². The lowest BCUT2D eigenvalue weighted by Crippen LogP contribution is -2.43. The van der Waals surface area contributed by atoms with Crippen LogP contribution in [0.2, 0.25) is 0 Å². The summed E-state index contributed by atoms with van der Waals surface area (Å²) in [6.45, 7) is 5.78. The fraction of sp³-hybridized carbons (Fsp3) is 0.350. The van der Waals surface area contributed by atoms with Crippen LogP contribution >= 0.6 is 0 Å². The molecule has 0 aliphatic heterocycles. The van der Waals surface area contributed by atoms with Gasteiger partial charge in [0.05, 0.1) is 18.3 Å². The second-order valence-electron chi connectivity index (χ2n) is 6.02. The number of carbonyl (C=O) groups is 2. The highest BCUT2D eigenvalue weighted by Gasteiger charge is 2.23. The fourth-order valence-electron chi connectivity index (χ4n) is 2.35. The molecule has 2 aromatic rings. The molecule has 0 saturated carbocycles. The van der Waals surface area contributed by atoms with E-state index in [1.54, 1.807) is 19.1 Å². The zero-order chi connectivity index (χ0) is 18.9. The summed E-state index contributed by atoms with van der Waals surface area (Å²) in [5.41, 5.74) is 1.29. The summed E-state index contributed by atoms with van der Waals surface area (Å²) < 4.78 is 10.5. The number of nitrogens with one attached hydrogen (secondary N) is 1. The van der Waals surface area contributed by atoms with Crippen LogP contribution < -0.4 is 10.1 Å². The Bertz CT molecular complexity index is 714. The van der Waals surface area contributed by atoms with Crippen molar-refractivity contribution in [1.82, 2.24) is 10.3 Å². The van der Waals surface area contributed by atoms with Crippen LogP contribution in [-0.2, 0) is 16.0 Å². The Kier molecular flexibility index (Phi) is 7.14. The molecule has 1 aromatic carbocycles. The van der Waals surface area contributed by atoms with Crippen molar-refractivity contribution in [1.29, 1.82) is 0 Å². The molecule has 0 radical (unpaired) electrons. The van der Waals surface area contributed by atoms with Crippen molar-refractivity contribution in [3.8, 4) is 5.88 Å². The van der Waals surface area contributed by atoms with E-state index >= 15 is 0 Å². The highest BCUT2D eigenvalue weighted by atomic mass is 16.5. The van der Waals surface area contributed by atoms with Gasteiger partial charge in [-0.3, -0.25) is 4.79 Å². The first-order chi connectivity index (χ1) is 12.5. The van der Waals surface area contributed by atoms with Crippen LogP contribution in [0, 0.1) is 0 Å². The first kappa shape index (κ1) is 19.4. The van der Waals surface area contributed by atoms with E-state index in [2.05, 4.69) is 10.3 Å². The number of nitrogens with zero attached hydrogens (tertiary/aromatic N) is 1. The molecule has 1 aromatic heterocycles. The number of pyridine rings is 1. The summed E-state index contributed by atoms with van der Waals surface area (Å²) >= 11 is 0. The van der Waals surface area contributed by atoms with Crippen LogP contribution in [0.15, 0.2) is 48.7 Å². The minimum absolute atomic E-state index is 0.00115. The Morgan fingerprint density at radius 3 is 2.42 bits per heavy atom. The smallest absolute Gasteiger partial charge is 0.328 e. The summed E-state index contributed by atoms with van der Waals surface area (Å²) in [6.07, 6.45) is 1.78. The number of hydrogen-bond donors (Lipinski definition) is 1. The molecule has 1 unspecified atom stereocenters. The maximum Gasteiger partial charge on any atom is 0.328 e. The predicted octanol–water partition coefficient (Wildman–Crippen LogP) is 2.77. The summed E-state index contributed by atoms with van der Waals surface area (Å²) in [6, 6.07) is 11.9. The summed E-state index contributed by atoms with van der Waals surface area (Å²) in [7, 11) is 0. The molecule has 2 rings (SSSR count). The van der Waals surface area contributed by atoms with Crippen molar-refractivity contribution in [3.05, 3.63) is 59.8 Å². The van der Waals surface area contributed by atoms with Gasteiger partial charge in [-0.25, -0.2) is 9.78 Å². The summed E-state index contributed by atoms with van der Waals surface area (Å²) in [4.78, 5) is 28.8. The van der Waals surface area contributed by atoms with Crippen LogP contribution in [0.5, 0.6) is 5.88 Å². The van der Waals surface area contributed by atoms with E-state index in [1.807, 2.05) is 44.2 Å². The molecule has 0 saturated heterocycles. The van der Waals surface area contributed by atoms with E-state index in [9.17, 15) is 9.59 Å². The van der Waals surface area contributed by atoms with Gasteiger partial charge in [-0.2, -0.15) is 0 Å². The van der Waals surface area contributed by atoms with Gasteiger partial charge in [0.15, 0.2) is 0 Å². The zero-order valence-corrected chi connectivity index (χ0v) is 15.3. The third-order valence-corrected chi connectivity index (χ3v) is 3.51. The van der Waals surface area contributed by atoms with Crippen LogP contribution in [0.25, 0.3) is 0 Å². The lowest BCUT2D eigenvalue weighted by Gasteiger charge is -2.17. The monoisotopic (exact) mass is 356 g/mol. The van der Waals surface area contributed by atoms with Crippen molar-refractivity contribution in [2.45, 2.75) is 39.3 Å². The van der Waals surface area contributed by atoms with Gasteiger partial charge >= 0.3 is 5.97 Å². The molecule has 1 N–H and O–H groups in total. The Hall–Kier alpha value is -2.89. The van der Waals surface area contributed by atoms with E-state index in [1.165, 1.54) is 6.20 Å². The van der Waals surface area contributed by atoms with Gasteiger partial charge in [-0.15, -0.1) is 0 Å². The van der Waals surface area contributed by atoms with Gasteiger partial charge in [0.25, 0.3) is 5.91 Å². The van der Waals surface area contributed by atoms with Crippen LogP contribution in [0.3, 0.4) is 0 Å². The molecular weight excluding hydrogens is 332 g/mol. The average molecular weight is 356 g/mol. The molecule has 26 heavy (non-hydrogen) atoms. The van der Waals surface area contributed by atoms with E-state index in [0.29, 0.717) is 17.9 Å². The van der Waals surface area contributed by atoms with Crippen molar-refractivity contribution in [3.63, 3.8) is 0 Å². The largest absolute Gasteiger partial charge is 0.475 e. The van der Waals surface area contributed by atoms with Crippen molar-refractivity contribution >= 4 is 11.9 Å². The molecule has 1 atom stereocenters. The van der Waals surface area contributed by atoms with Gasteiger partial charge in [0, 0.05) is 18.7 Å². The standard InChI is InChI=1S/C20H24N2O4/c1-4-25-20(24)17(12-15-8-6-5-7-9-15)22-19(23)16-10-11-18(21-13-16)26-14(2)3/h5-11,13-14,17H,4,12H2,1-3H3,(H,22,23). The maximum absolute atomic E-state index is 12.5. The van der Waals surface area contributed by atoms with E-state index in [-0.39, 0.29) is 18.6 Å². The number of amides is 1. The molecule has 1 amide bonds. The summed E-state index contributed by atoms with van der Waals surface area (Å²) in [5, 5.41) is 2.73. The second-order valence-corrected chi connectivity index (χ2v) is 6.02. The number of aromatic nitrogens is 1. The minimum Gasteiger partial charge on any atom is -0.475 e. The number of esters is 1. The molecule has 6 heteroatoms. The molecule has 0 aliphatic carbocycles. The van der Waals surface area contributed by atoms with Crippen molar-refractivity contribution < 1.29 is 19.1 Å². The Morgan fingerprint density at radius 1 is 1.12 bits per heavy atom. The third kappa shape index (κ3) is 5.88. The van der Waals surface area contributed by atoms with Gasteiger partial charge < -0.3 is 14.8 Å². The van der Waals surface area contributed by atoms with Gasteiger partial charge in [-0.1, -0.05) is 30.3 Å². The van der Waals surface area contributed by atoms with Gasteiger partial charge in [0.1, 0.15) is 6.04 Å². The lowest BCUT2D eigenvalue weighted by molar-refractivity contribution is -0.145. The van der Waals surface area contributed by atoms with E-state index in [0.717, 1.165) is 5.56 Å².